The molecule has 2 aliphatic heterocycles. The van der Waals surface area contributed by atoms with Gasteiger partial charge in [-0.15, -0.1) is 0 Å². The van der Waals surface area contributed by atoms with E-state index in [0.717, 1.165) is 4.48 Å². The van der Waals surface area contributed by atoms with Gasteiger partial charge in [-0.05, 0) is 29.8 Å². The van der Waals surface area contributed by atoms with E-state index >= 15 is 0 Å². The van der Waals surface area contributed by atoms with Gasteiger partial charge < -0.3 is 19.3 Å². The zero-order valence-corrected chi connectivity index (χ0v) is 9.65. The average molecular weight is 265 g/mol. The maximum atomic E-state index is 9.09. The second-order valence-electron chi connectivity index (χ2n) is 3.88. The highest BCUT2D eigenvalue weighted by Gasteiger charge is 2.48. The van der Waals surface area contributed by atoms with Crippen molar-refractivity contribution in [3.05, 3.63) is 10.7 Å². The van der Waals surface area contributed by atoms with Gasteiger partial charge in [0.05, 0.1) is 17.4 Å². The minimum absolute atomic E-state index is 0.0720. The predicted octanol–water partition coefficient (Wildman–Crippen LogP) is 1.13. The summed E-state index contributed by atoms with van der Waals surface area (Å²) < 4.78 is 17.4. The molecule has 0 bridgehead atoms. The molecule has 0 amide bonds. The zero-order chi connectivity index (χ0) is 10.3. The lowest BCUT2D eigenvalue weighted by Crippen LogP contribution is -2.41. The van der Waals surface area contributed by atoms with Crippen molar-refractivity contribution in [3.8, 4) is 0 Å². The molecule has 5 heteroatoms. The number of aliphatic hydroxyl groups is 1. The lowest BCUT2D eigenvalue weighted by molar-refractivity contribution is -0.154. The summed E-state index contributed by atoms with van der Waals surface area (Å²) in [5.74, 6) is -0.622. The van der Waals surface area contributed by atoms with Gasteiger partial charge in [-0.3, -0.25) is 0 Å². The third-order valence-corrected chi connectivity index (χ3v) is 2.94. The van der Waals surface area contributed by atoms with Crippen LogP contribution in [0.3, 0.4) is 0 Å². The molecular weight excluding hydrogens is 252 g/mol. The molecule has 0 aliphatic carbocycles. The Bertz CT molecular complexity index is 264. The summed E-state index contributed by atoms with van der Waals surface area (Å²) in [5.41, 5.74) is 0. The Hall–Kier alpha value is -0.100. The Labute approximate surface area is 91.0 Å². The molecule has 4 nitrogen and oxygen atoms in total. The number of hydrogen-bond acceptors (Lipinski definition) is 4. The Balaban J connectivity index is 2.22. The summed E-state index contributed by atoms with van der Waals surface area (Å²) in [6.45, 7) is 3.62. The fourth-order valence-electron chi connectivity index (χ4n) is 1.72. The van der Waals surface area contributed by atoms with E-state index in [1.807, 2.05) is 13.8 Å². The lowest BCUT2D eigenvalue weighted by atomic mass is 10.1. The van der Waals surface area contributed by atoms with Gasteiger partial charge in [0.1, 0.15) is 18.3 Å². The van der Waals surface area contributed by atoms with Crippen LogP contribution in [0.25, 0.3) is 0 Å². The molecule has 0 radical (unpaired) electrons. The van der Waals surface area contributed by atoms with E-state index in [-0.39, 0.29) is 24.9 Å². The maximum absolute atomic E-state index is 9.09. The van der Waals surface area contributed by atoms with Crippen molar-refractivity contribution in [3.63, 3.8) is 0 Å². The summed E-state index contributed by atoms with van der Waals surface area (Å²) in [6, 6.07) is 0. The highest BCUT2D eigenvalue weighted by Crippen LogP contribution is 2.38. The monoisotopic (exact) mass is 264 g/mol. The third-order valence-electron chi connectivity index (χ3n) is 2.30. The van der Waals surface area contributed by atoms with Crippen molar-refractivity contribution >= 4 is 15.9 Å². The minimum atomic E-state index is -0.622. The number of ether oxygens (including phenoxy) is 3. The van der Waals surface area contributed by atoms with Gasteiger partial charge in [-0.2, -0.15) is 0 Å². The molecule has 2 rings (SSSR count). The molecule has 1 N–H and O–H groups in total. The molecule has 1 saturated heterocycles. The van der Waals surface area contributed by atoms with Crippen LogP contribution in [0.4, 0.5) is 0 Å². The number of rotatable bonds is 1. The molecule has 0 saturated carbocycles. The first kappa shape index (κ1) is 10.4. The van der Waals surface area contributed by atoms with Crippen LogP contribution >= 0.6 is 15.9 Å². The number of halogens is 1. The number of hydrogen-bond donors (Lipinski definition) is 1. The fourth-order valence-corrected chi connectivity index (χ4v) is 2.18. The molecule has 2 aliphatic rings. The molecule has 0 aromatic heterocycles. The van der Waals surface area contributed by atoms with E-state index in [0.29, 0.717) is 0 Å². The summed E-state index contributed by atoms with van der Waals surface area (Å²) in [5, 5.41) is 9.09. The minimum Gasteiger partial charge on any atom is -0.492 e. The molecule has 0 unspecified atom stereocenters. The first-order valence-corrected chi connectivity index (χ1v) is 5.30. The summed E-state index contributed by atoms with van der Waals surface area (Å²) >= 11 is 3.35. The van der Waals surface area contributed by atoms with E-state index in [4.69, 9.17) is 19.3 Å². The molecule has 0 aromatic carbocycles. The summed E-state index contributed by atoms with van der Waals surface area (Å²) in [4.78, 5) is 0. The van der Waals surface area contributed by atoms with Crippen molar-refractivity contribution in [1.29, 1.82) is 0 Å². The number of fused-ring (bicyclic) bond motifs is 1. The lowest BCUT2D eigenvalue weighted by Gasteiger charge is -2.28. The van der Waals surface area contributed by atoms with Gasteiger partial charge in [0.25, 0.3) is 0 Å². The van der Waals surface area contributed by atoms with Crippen LogP contribution < -0.4 is 0 Å². The second kappa shape index (κ2) is 3.48. The van der Waals surface area contributed by atoms with Crippen LogP contribution in [-0.2, 0) is 14.2 Å². The van der Waals surface area contributed by atoms with Crippen molar-refractivity contribution in [2.45, 2.75) is 37.9 Å². The first-order valence-electron chi connectivity index (χ1n) is 4.51. The predicted molar refractivity (Wildman–Crippen MR) is 52.8 cm³/mol. The molecule has 0 spiro atoms. The van der Waals surface area contributed by atoms with Gasteiger partial charge in [0.2, 0.25) is 0 Å². The summed E-state index contributed by atoms with van der Waals surface area (Å²) in [7, 11) is 0. The van der Waals surface area contributed by atoms with Crippen molar-refractivity contribution < 1.29 is 19.3 Å². The SMILES string of the molecule is CC1(C)O[C@@H]2[C@H](O1)C(Br)=CO[C@@H]2CO. The molecule has 0 aromatic rings. The number of aliphatic hydroxyl groups excluding tert-OH is 1. The maximum Gasteiger partial charge on any atom is 0.164 e. The Morgan fingerprint density at radius 1 is 1.50 bits per heavy atom. The smallest absolute Gasteiger partial charge is 0.164 e. The van der Waals surface area contributed by atoms with Gasteiger partial charge in [0.15, 0.2) is 5.79 Å². The van der Waals surface area contributed by atoms with E-state index in [9.17, 15) is 0 Å². The quantitative estimate of drug-likeness (QED) is 0.772. The highest BCUT2D eigenvalue weighted by molar-refractivity contribution is 9.11. The van der Waals surface area contributed by atoms with Gasteiger partial charge in [-0.1, -0.05) is 0 Å². The van der Waals surface area contributed by atoms with Crippen LogP contribution in [0.5, 0.6) is 0 Å². The van der Waals surface area contributed by atoms with Crippen molar-refractivity contribution in [2.75, 3.05) is 6.61 Å². The van der Waals surface area contributed by atoms with Crippen LogP contribution in [-0.4, -0.2) is 35.8 Å². The molecule has 3 atom stereocenters. The average Bonchev–Trinajstić information content (AvgIpc) is 2.42. The topological polar surface area (TPSA) is 47.9 Å². The molecule has 14 heavy (non-hydrogen) atoms. The molecule has 80 valence electrons. The standard InChI is InChI=1S/C9H13BrO4/c1-9(2)13-7-5(10)4-12-6(3-11)8(7)14-9/h4,6-8,11H,3H2,1-2H3/t6-,7-,8+/m1/s1. The van der Waals surface area contributed by atoms with Crippen LogP contribution in [0, 0.1) is 0 Å². The zero-order valence-electron chi connectivity index (χ0n) is 8.07. The van der Waals surface area contributed by atoms with Crippen molar-refractivity contribution in [2.24, 2.45) is 0 Å². The van der Waals surface area contributed by atoms with Gasteiger partial charge in [0, 0.05) is 0 Å². The Morgan fingerprint density at radius 3 is 2.86 bits per heavy atom. The Kier molecular flexibility index (Phi) is 2.59. The van der Waals surface area contributed by atoms with E-state index in [2.05, 4.69) is 15.9 Å². The second-order valence-corrected chi connectivity index (χ2v) is 4.80. The summed E-state index contributed by atoms with van der Waals surface area (Å²) in [6.07, 6.45) is 0.806. The van der Waals surface area contributed by atoms with E-state index < -0.39 is 5.79 Å². The fraction of sp³-hybridized carbons (Fsp3) is 0.778. The largest absolute Gasteiger partial charge is 0.492 e. The Morgan fingerprint density at radius 2 is 2.21 bits per heavy atom. The molecule has 1 fully saturated rings. The van der Waals surface area contributed by atoms with Crippen LogP contribution in [0.1, 0.15) is 13.8 Å². The molecular formula is C9H13BrO4. The first-order chi connectivity index (χ1) is 6.53. The van der Waals surface area contributed by atoms with Gasteiger partial charge in [-0.25, -0.2) is 0 Å². The van der Waals surface area contributed by atoms with Crippen molar-refractivity contribution in [1.82, 2.24) is 0 Å². The third kappa shape index (κ3) is 1.69. The molecule has 2 heterocycles. The van der Waals surface area contributed by atoms with E-state index in [1.165, 1.54) is 0 Å². The van der Waals surface area contributed by atoms with Crippen LogP contribution in [0.2, 0.25) is 0 Å². The van der Waals surface area contributed by atoms with Crippen LogP contribution in [0.15, 0.2) is 10.7 Å². The normalized spacial score (nSPS) is 40.0. The highest BCUT2D eigenvalue weighted by atomic mass is 79.9. The van der Waals surface area contributed by atoms with Gasteiger partial charge >= 0.3 is 0 Å². The van der Waals surface area contributed by atoms with E-state index in [1.54, 1.807) is 6.26 Å².